The Bertz CT molecular complexity index is 946. The second-order valence-corrected chi connectivity index (χ2v) is 8.87. The number of nitrogens with zero attached hydrogens (tertiary/aromatic N) is 2. The summed E-state index contributed by atoms with van der Waals surface area (Å²) in [5, 5.41) is 0. The summed E-state index contributed by atoms with van der Waals surface area (Å²) in [6, 6.07) is 4.88. The van der Waals surface area contributed by atoms with Crippen molar-refractivity contribution in [2.24, 2.45) is 35.5 Å². The number of likely N-dealkylation sites (tertiary alicyclic amines) is 1. The molecule has 158 valence electrons. The van der Waals surface area contributed by atoms with Crippen molar-refractivity contribution in [3.63, 3.8) is 0 Å². The van der Waals surface area contributed by atoms with Gasteiger partial charge in [0.05, 0.1) is 17.5 Å². The lowest BCUT2D eigenvalue weighted by Gasteiger charge is -2.37. The van der Waals surface area contributed by atoms with Crippen LogP contribution in [0, 0.1) is 49.4 Å². The lowest BCUT2D eigenvalue weighted by molar-refractivity contribution is -0.171. The highest BCUT2D eigenvalue weighted by Crippen LogP contribution is 2.65. The summed E-state index contributed by atoms with van der Waals surface area (Å²) in [6.07, 6.45) is -0.135. The fourth-order valence-electron chi connectivity index (χ4n) is 5.92. The monoisotopic (exact) mass is 418 g/mol. The van der Waals surface area contributed by atoms with Gasteiger partial charge in [-0.1, -0.05) is 30.4 Å². The number of halogens is 3. The van der Waals surface area contributed by atoms with Gasteiger partial charge in [-0.05, 0) is 55.1 Å². The van der Waals surface area contributed by atoms with Crippen LogP contribution in [0.2, 0.25) is 0 Å². The van der Waals surface area contributed by atoms with Gasteiger partial charge in [0.25, 0.3) is 0 Å². The molecule has 1 saturated heterocycles. The van der Waals surface area contributed by atoms with Crippen LogP contribution < -0.4 is 4.90 Å². The first-order chi connectivity index (χ1) is 14.1. The fourth-order valence-corrected chi connectivity index (χ4v) is 5.92. The number of imide groups is 1. The number of amides is 3. The van der Waals surface area contributed by atoms with E-state index in [2.05, 4.69) is 0 Å². The zero-order chi connectivity index (χ0) is 21.5. The number of para-hydroxylation sites is 1. The SMILES string of the molecule is Cc1cccc(C)c1N(CN1C(=O)[C@H]2[C@@H]3C=C[C@@H]([C@H]4C[C@H]34)[C@@H]2C1=O)C(=O)C(F)(F)F. The lowest BCUT2D eigenvalue weighted by Crippen LogP contribution is -2.50. The van der Waals surface area contributed by atoms with Crippen molar-refractivity contribution < 1.29 is 27.6 Å². The molecule has 0 radical (unpaired) electrons. The maximum atomic E-state index is 13.4. The number of benzene rings is 1. The molecule has 3 fully saturated rings. The van der Waals surface area contributed by atoms with Crippen LogP contribution in [-0.2, 0) is 14.4 Å². The van der Waals surface area contributed by atoms with Gasteiger partial charge in [0.1, 0.15) is 6.67 Å². The van der Waals surface area contributed by atoms with E-state index >= 15 is 0 Å². The van der Waals surface area contributed by atoms with E-state index < -0.39 is 42.4 Å². The van der Waals surface area contributed by atoms with Gasteiger partial charge in [0.15, 0.2) is 0 Å². The Morgan fingerprint density at radius 3 is 2.00 bits per heavy atom. The van der Waals surface area contributed by atoms with E-state index in [0.717, 1.165) is 11.3 Å². The van der Waals surface area contributed by atoms with Crippen LogP contribution >= 0.6 is 0 Å². The molecule has 6 rings (SSSR count). The highest BCUT2D eigenvalue weighted by molar-refractivity contribution is 6.08. The van der Waals surface area contributed by atoms with Crippen molar-refractivity contribution >= 4 is 23.4 Å². The molecule has 1 aromatic rings. The molecule has 1 aliphatic heterocycles. The van der Waals surface area contributed by atoms with Crippen molar-refractivity contribution in [2.75, 3.05) is 11.6 Å². The molecule has 6 atom stereocenters. The average Bonchev–Trinajstić information content (AvgIpc) is 3.46. The van der Waals surface area contributed by atoms with Gasteiger partial charge in [-0.25, -0.2) is 0 Å². The van der Waals surface area contributed by atoms with Crippen LogP contribution in [0.5, 0.6) is 0 Å². The summed E-state index contributed by atoms with van der Waals surface area (Å²) >= 11 is 0. The van der Waals surface area contributed by atoms with Crippen LogP contribution in [-0.4, -0.2) is 35.5 Å². The Kier molecular flexibility index (Phi) is 3.98. The topological polar surface area (TPSA) is 57.7 Å². The van der Waals surface area contributed by atoms with Crippen molar-refractivity contribution in [3.05, 3.63) is 41.5 Å². The van der Waals surface area contributed by atoms with Crippen LogP contribution in [0.1, 0.15) is 17.5 Å². The van der Waals surface area contributed by atoms with Gasteiger partial charge < -0.3 is 0 Å². The summed E-state index contributed by atoms with van der Waals surface area (Å²) in [4.78, 5) is 40.1. The Labute approximate surface area is 171 Å². The number of rotatable bonds is 3. The smallest absolute Gasteiger partial charge is 0.285 e. The number of hydrogen-bond acceptors (Lipinski definition) is 3. The van der Waals surface area contributed by atoms with Crippen LogP contribution in [0.4, 0.5) is 18.9 Å². The maximum Gasteiger partial charge on any atom is 0.471 e. The van der Waals surface area contributed by atoms with Gasteiger partial charge in [-0.3, -0.25) is 24.2 Å². The molecule has 0 N–H and O–H groups in total. The molecule has 2 bridgehead atoms. The second kappa shape index (κ2) is 6.18. The standard InChI is InChI=1S/C22H21F3N2O3/c1-10-4-3-5-11(2)18(10)26(21(30)22(23,24)25)9-27-19(28)16-12-6-7-13(15-8-14(12)15)17(16)20(27)29/h3-7,12-17H,8-9H2,1-2H3/t12-,13+,14-,15-,16+,17+/m1/s1. The number of anilines is 1. The van der Waals surface area contributed by atoms with E-state index in [9.17, 15) is 27.6 Å². The van der Waals surface area contributed by atoms with E-state index in [-0.39, 0.29) is 17.5 Å². The highest BCUT2D eigenvalue weighted by atomic mass is 19.4. The molecule has 4 aliphatic carbocycles. The fraction of sp³-hybridized carbons (Fsp3) is 0.500. The average molecular weight is 418 g/mol. The van der Waals surface area contributed by atoms with Crippen LogP contribution in [0.25, 0.3) is 0 Å². The van der Waals surface area contributed by atoms with E-state index in [1.54, 1.807) is 32.0 Å². The Morgan fingerprint density at radius 2 is 1.53 bits per heavy atom. The normalized spacial score (nSPS) is 33.6. The van der Waals surface area contributed by atoms with Gasteiger partial charge in [-0.2, -0.15) is 13.2 Å². The predicted octanol–water partition coefficient (Wildman–Crippen LogP) is 3.21. The number of carbonyl (C=O) groups is 3. The largest absolute Gasteiger partial charge is 0.471 e. The molecular formula is C22H21F3N2O3. The van der Waals surface area contributed by atoms with Crippen molar-refractivity contribution in [3.8, 4) is 0 Å². The zero-order valence-corrected chi connectivity index (χ0v) is 16.5. The minimum atomic E-state index is -5.13. The van der Waals surface area contributed by atoms with Crippen molar-refractivity contribution in [1.29, 1.82) is 0 Å². The minimum absolute atomic E-state index is 0.0292. The van der Waals surface area contributed by atoms with E-state index in [0.29, 0.717) is 27.9 Å². The highest BCUT2D eigenvalue weighted by Gasteiger charge is 2.67. The van der Waals surface area contributed by atoms with Crippen LogP contribution in [0.15, 0.2) is 30.4 Å². The molecule has 5 aliphatic rings. The molecule has 3 amide bonds. The Balaban J connectivity index is 1.51. The van der Waals surface area contributed by atoms with Gasteiger partial charge in [-0.15, -0.1) is 0 Å². The Morgan fingerprint density at radius 1 is 1.03 bits per heavy atom. The summed E-state index contributed by atoms with van der Waals surface area (Å²) in [7, 11) is 0. The number of aryl methyl sites for hydroxylation is 2. The van der Waals surface area contributed by atoms with Gasteiger partial charge in [0.2, 0.25) is 11.8 Å². The first kappa shape index (κ1) is 19.3. The third kappa shape index (κ3) is 2.58. The summed E-state index contributed by atoms with van der Waals surface area (Å²) in [6.45, 7) is 2.48. The number of hydrogen-bond donors (Lipinski definition) is 0. The minimum Gasteiger partial charge on any atom is -0.285 e. The molecule has 1 aromatic carbocycles. The molecule has 5 nitrogen and oxygen atoms in total. The lowest BCUT2D eigenvalue weighted by atomic mass is 9.63. The van der Waals surface area contributed by atoms with Gasteiger partial charge >= 0.3 is 12.1 Å². The third-order valence-electron chi connectivity index (χ3n) is 7.23. The molecule has 0 unspecified atom stereocenters. The molecule has 0 spiro atoms. The number of carbonyl (C=O) groups excluding carboxylic acids is 3. The van der Waals surface area contributed by atoms with E-state index in [1.807, 2.05) is 12.2 Å². The van der Waals surface area contributed by atoms with E-state index in [4.69, 9.17) is 0 Å². The van der Waals surface area contributed by atoms with Crippen LogP contribution in [0.3, 0.4) is 0 Å². The Hall–Kier alpha value is -2.64. The quantitative estimate of drug-likeness (QED) is 0.560. The molecule has 1 heterocycles. The maximum absolute atomic E-state index is 13.4. The van der Waals surface area contributed by atoms with E-state index in [1.165, 1.54) is 0 Å². The molecule has 30 heavy (non-hydrogen) atoms. The first-order valence-corrected chi connectivity index (χ1v) is 10.1. The molecule has 8 heteroatoms. The summed E-state index contributed by atoms with van der Waals surface area (Å²) < 4.78 is 40.2. The molecular weight excluding hydrogens is 397 g/mol. The molecule has 2 saturated carbocycles. The zero-order valence-electron chi connectivity index (χ0n) is 16.5. The number of alkyl halides is 3. The first-order valence-electron chi connectivity index (χ1n) is 10.1. The third-order valence-corrected chi connectivity index (χ3v) is 7.23. The van der Waals surface area contributed by atoms with Crippen molar-refractivity contribution in [1.82, 2.24) is 4.90 Å². The number of allylic oxidation sites excluding steroid dienone is 2. The predicted molar refractivity (Wildman–Crippen MR) is 101 cm³/mol. The van der Waals surface area contributed by atoms with Gasteiger partial charge in [0, 0.05) is 0 Å². The summed E-state index contributed by atoms with van der Waals surface area (Å²) in [5.74, 6) is -3.30. The summed E-state index contributed by atoms with van der Waals surface area (Å²) in [5.41, 5.74) is 1.01. The molecule has 0 aromatic heterocycles. The van der Waals surface area contributed by atoms with Crippen molar-refractivity contribution in [2.45, 2.75) is 26.4 Å². The second-order valence-electron chi connectivity index (χ2n) is 8.87.